The van der Waals surface area contributed by atoms with Gasteiger partial charge < -0.3 is 9.64 Å². The lowest BCUT2D eigenvalue weighted by Gasteiger charge is -2.25. The van der Waals surface area contributed by atoms with E-state index in [1.807, 2.05) is 63.4 Å². The molecular weight excluding hydrogens is 388 g/mol. The van der Waals surface area contributed by atoms with Crippen molar-refractivity contribution in [3.05, 3.63) is 71.3 Å². The first-order chi connectivity index (χ1) is 14.0. The van der Waals surface area contributed by atoms with Gasteiger partial charge in [-0.1, -0.05) is 23.7 Å². The van der Waals surface area contributed by atoms with Crippen molar-refractivity contribution < 1.29 is 9.53 Å². The van der Waals surface area contributed by atoms with Gasteiger partial charge in [0.1, 0.15) is 18.4 Å². The van der Waals surface area contributed by atoms with Crippen LogP contribution in [0.5, 0.6) is 5.75 Å². The highest BCUT2D eigenvalue weighted by molar-refractivity contribution is 6.31. The second kappa shape index (κ2) is 9.56. The molecule has 3 rings (SSSR count). The van der Waals surface area contributed by atoms with Gasteiger partial charge in [-0.2, -0.15) is 5.10 Å². The molecule has 0 fully saturated rings. The van der Waals surface area contributed by atoms with Crippen LogP contribution in [0.3, 0.4) is 0 Å². The molecule has 152 valence electrons. The van der Waals surface area contributed by atoms with Crippen LogP contribution in [0.1, 0.15) is 36.9 Å². The Morgan fingerprint density at radius 3 is 2.66 bits per heavy atom. The van der Waals surface area contributed by atoms with E-state index in [-0.39, 0.29) is 11.9 Å². The van der Waals surface area contributed by atoms with Gasteiger partial charge in [-0.15, -0.1) is 0 Å². The van der Waals surface area contributed by atoms with Crippen molar-refractivity contribution in [2.24, 2.45) is 0 Å². The number of benzene rings is 2. The zero-order valence-corrected chi connectivity index (χ0v) is 17.6. The van der Waals surface area contributed by atoms with Crippen LogP contribution in [0.4, 0.5) is 0 Å². The lowest BCUT2D eigenvalue weighted by Crippen LogP contribution is -2.29. The van der Waals surface area contributed by atoms with Gasteiger partial charge in [0.05, 0.1) is 18.3 Å². The number of halogens is 1. The number of carbonyl (C=O) groups is 1. The molecule has 0 saturated carbocycles. The third kappa shape index (κ3) is 5.35. The summed E-state index contributed by atoms with van der Waals surface area (Å²) >= 11 is 6.02. The molecule has 0 aliphatic heterocycles. The average molecular weight is 413 g/mol. The molecule has 2 aromatic carbocycles. The highest BCUT2D eigenvalue weighted by Crippen LogP contribution is 2.22. The average Bonchev–Trinajstić information content (AvgIpc) is 3.27. The van der Waals surface area contributed by atoms with Crippen molar-refractivity contribution in [3.63, 3.8) is 0 Å². The summed E-state index contributed by atoms with van der Waals surface area (Å²) in [5.41, 5.74) is 2.98. The number of nitrogens with zero attached hydrogens (tertiary/aromatic N) is 4. The van der Waals surface area contributed by atoms with E-state index in [9.17, 15) is 4.79 Å². The Morgan fingerprint density at radius 2 is 2.00 bits per heavy atom. The number of aryl methyl sites for hydroxylation is 1. The maximum absolute atomic E-state index is 12.6. The van der Waals surface area contributed by atoms with E-state index in [4.69, 9.17) is 16.3 Å². The predicted octanol–water partition coefficient (Wildman–Crippen LogP) is 4.61. The molecular formula is C22H25ClN4O2. The van der Waals surface area contributed by atoms with Crippen molar-refractivity contribution in [2.75, 3.05) is 13.7 Å². The molecule has 1 aromatic heterocycles. The normalized spacial score (nSPS) is 11.9. The molecule has 1 amide bonds. The monoisotopic (exact) mass is 412 g/mol. The Balaban J connectivity index is 1.48. The molecule has 0 spiro atoms. The number of rotatable bonds is 8. The molecule has 7 heteroatoms. The molecule has 6 nitrogen and oxygen atoms in total. The van der Waals surface area contributed by atoms with Crippen LogP contribution in [0.2, 0.25) is 5.02 Å². The molecule has 0 aliphatic carbocycles. The maximum atomic E-state index is 12.6. The minimum absolute atomic E-state index is 0.0212. The molecule has 0 radical (unpaired) electrons. The van der Waals surface area contributed by atoms with Crippen LogP contribution in [-0.4, -0.2) is 39.2 Å². The largest absolute Gasteiger partial charge is 0.494 e. The molecule has 3 aromatic rings. The Bertz CT molecular complexity index is 942. The van der Waals surface area contributed by atoms with Crippen LogP contribution in [-0.2, 0) is 4.79 Å². The number of carbonyl (C=O) groups excluding carboxylic acids is 1. The van der Waals surface area contributed by atoms with Gasteiger partial charge in [-0.3, -0.25) is 4.79 Å². The van der Waals surface area contributed by atoms with Crippen molar-refractivity contribution >= 4 is 17.5 Å². The number of aromatic nitrogens is 3. The number of amides is 1. The van der Waals surface area contributed by atoms with E-state index in [1.54, 1.807) is 15.9 Å². The zero-order chi connectivity index (χ0) is 20.8. The number of ether oxygens (including phenoxy) is 1. The van der Waals surface area contributed by atoms with Crippen LogP contribution in [0.15, 0.2) is 55.1 Å². The summed E-state index contributed by atoms with van der Waals surface area (Å²) in [5.74, 6) is 0.863. The third-order valence-corrected chi connectivity index (χ3v) is 5.39. The molecule has 0 saturated heterocycles. The molecule has 0 aliphatic rings. The summed E-state index contributed by atoms with van der Waals surface area (Å²) in [7, 11) is 1.84. The third-order valence-electron chi connectivity index (χ3n) is 4.97. The molecule has 1 heterocycles. The SMILES string of the molecule is Cc1cc(OCCCC(=O)N(C)C(C)c2ccc(-n3cncn3)cc2)ccc1Cl. The fourth-order valence-electron chi connectivity index (χ4n) is 2.98. The maximum Gasteiger partial charge on any atom is 0.222 e. The van der Waals surface area contributed by atoms with Crippen LogP contribution in [0.25, 0.3) is 5.69 Å². The van der Waals surface area contributed by atoms with Gasteiger partial charge in [0.2, 0.25) is 5.91 Å². The molecule has 29 heavy (non-hydrogen) atoms. The molecule has 1 atom stereocenters. The number of hydrogen-bond donors (Lipinski definition) is 0. The Kier molecular flexibility index (Phi) is 6.88. The van der Waals surface area contributed by atoms with Crippen LogP contribution in [0, 0.1) is 6.92 Å². The molecule has 0 bridgehead atoms. The zero-order valence-electron chi connectivity index (χ0n) is 16.9. The smallest absolute Gasteiger partial charge is 0.222 e. The number of hydrogen-bond acceptors (Lipinski definition) is 4. The van der Waals surface area contributed by atoms with Crippen molar-refractivity contribution in [3.8, 4) is 11.4 Å². The summed E-state index contributed by atoms with van der Waals surface area (Å²) in [5, 5.41) is 4.84. The van der Waals surface area contributed by atoms with Gasteiger partial charge in [-0.25, -0.2) is 9.67 Å². The molecule has 0 N–H and O–H groups in total. The lowest BCUT2D eigenvalue weighted by atomic mass is 10.1. The van der Waals surface area contributed by atoms with Gasteiger partial charge >= 0.3 is 0 Å². The minimum Gasteiger partial charge on any atom is -0.494 e. The second-order valence-corrected chi connectivity index (χ2v) is 7.38. The first-order valence-corrected chi connectivity index (χ1v) is 9.93. The second-order valence-electron chi connectivity index (χ2n) is 6.98. The summed E-state index contributed by atoms with van der Waals surface area (Å²) in [6.45, 7) is 4.45. The van der Waals surface area contributed by atoms with E-state index < -0.39 is 0 Å². The van der Waals surface area contributed by atoms with Crippen LogP contribution < -0.4 is 4.74 Å². The summed E-state index contributed by atoms with van der Waals surface area (Å²) < 4.78 is 7.42. The fourth-order valence-corrected chi connectivity index (χ4v) is 3.10. The van der Waals surface area contributed by atoms with Crippen LogP contribution >= 0.6 is 11.6 Å². The Hall–Kier alpha value is -2.86. The fraction of sp³-hybridized carbons (Fsp3) is 0.318. The quantitative estimate of drug-likeness (QED) is 0.507. The van der Waals surface area contributed by atoms with Gasteiger partial charge in [0.15, 0.2) is 0 Å². The Labute approximate surface area is 176 Å². The predicted molar refractivity (Wildman–Crippen MR) is 113 cm³/mol. The Morgan fingerprint density at radius 1 is 1.24 bits per heavy atom. The first-order valence-electron chi connectivity index (χ1n) is 9.55. The lowest BCUT2D eigenvalue weighted by molar-refractivity contribution is -0.132. The van der Waals surface area contributed by atoms with Crippen molar-refractivity contribution in [1.82, 2.24) is 19.7 Å². The first kappa shape index (κ1) is 20.9. The van der Waals surface area contributed by atoms with Crippen molar-refractivity contribution in [2.45, 2.75) is 32.7 Å². The van der Waals surface area contributed by atoms with E-state index in [1.165, 1.54) is 6.33 Å². The highest BCUT2D eigenvalue weighted by Gasteiger charge is 2.17. The van der Waals surface area contributed by atoms with Gasteiger partial charge in [-0.05, 0) is 61.7 Å². The van der Waals surface area contributed by atoms with Gasteiger partial charge in [0.25, 0.3) is 0 Å². The minimum atomic E-state index is -0.0212. The highest BCUT2D eigenvalue weighted by atomic mass is 35.5. The van der Waals surface area contributed by atoms with Gasteiger partial charge in [0, 0.05) is 18.5 Å². The topological polar surface area (TPSA) is 60.2 Å². The summed E-state index contributed by atoms with van der Waals surface area (Å²) in [4.78, 5) is 18.3. The van der Waals surface area contributed by atoms with E-state index in [0.29, 0.717) is 19.4 Å². The standard InChI is InChI=1S/C22H25ClN4O2/c1-16-13-20(10-11-21(16)23)29-12-4-5-22(28)26(3)17(2)18-6-8-19(9-7-18)27-15-24-14-25-27/h6-11,13-15,17H,4-5,12H2,1-3H3. The van der Waals surface area contributed by atoms with Crippen molar-refractivity contribution in [1.29, 1.82) is 0 Å². The van der Waals surface area contributed by atoms with E-state index in [0.717, 1.165) is 27.6 Å². The summed E-state index contributed by atoms with van der Waals surface area (Å²) in [6.07, 6.45) is 4.25. The summed E-state index contributed by atoms with van der Waals surface area (Å²) in [6, 6.07) is 13.5. The van der Waals surface area contributed by atoms with E-state index >= 15 is 0 Å². The molecule has 1 unspecified atom stereocenters. The van der Waals surface area contributed by atoms with E-state index in [2.05, 4.69) is 10.1 Å².